The summed E-state index contributed by atoms with van der Waals surface area (Å²) in [5, 5.41) is 3.04. The molecule has 0 atom stereocenters. The fourth-order valence-electron chi connectivity index (χ4n) is 3.61. The van der Waals surface area contributed by atoms with Crippen LogP contribution < -0.4 is 5.32 Å². The maximum atomic E-state index is 12.8. The topological polar surface area (TPSA) is 46.4 Å². The van der Waals surface area contributed by atoms with Gasteiger partial charge in [-0.05, 0) is 45.6 Å². The Hall–Kier alpha value is -2.92. The molecule has 0 unspecified atom stereocenters. The third-order valence-electron chi connectivity index (χ3n) is 5.01. The van der Waals surface area contributed by atoms with Gasteiger partial charge in [-0.2, -0.15) is 0 Å². The summed E-state index contributed by atoms with van der Waals surface area (Å²) in [6.45, 7) is 2.44. The molecule has 1 amide bonds. The van der Waals surface area contributed by atoms with Crippen LogP contribution in [0.3, 0.4) is 0 Å². The van der Waals surface area contributed by atoms with Crippen molar-refractivity contribution < 1.29 is 4.79 Å². The number of imidazole rings is 1. The van der Waals surface area contributed by atoms with Crippen molar-refractivity contribution in [2.24, 2.45) is 0 Å². The smallest absolute Gasteiger partial charge is 0.221 e. The second kappa shape index (κ2) is 8.62. The van der Waals surface area contributed by atoms with Crippen molar-refractivity contribution in [1.29, 1.82) is 0 Å². The van der Waals surface area contributed by atoms with Crippen molar-refractivity contribution in [2.45, 2.75) is 25.8 Å². The van der Waals surface area contributed by atoms with Crippen molar-refractivity contribution in [2.75, 3.05) is 0 Å². The molecule has 4 aromatic rings. The summed E-state index contributed by atoms with van der Waals surface area (Å²) in [6.07, 6.45) is 4.33. The van der Waals surface area contributed by atoms with Gasteiger partial charge in [0.1, 0.15) is 5.65 Å². The Balaban J connectivity index is 1.48. The van der Waals surface area contributed by atoms with Crippen molar-refractivity contribution in [3.8, 4) is 0 Å². The summed E-state index contributed by atoms with van der Waals surface area (Å²) in [6, 6.07) is 22.4. The van der Waals surface area contributed by atoms with E-state index >= 15 is 0 Å². The van der Waals surface area contributed by atoms with E-state index in [9.17, 15) is 4.79 Å². The lowest BCUT2D eigenvalue weighted by Gasteiger charge is -2.17. The molecule has 0 fully saturated rings. The van der Waals surface area contributed by atoms with Gasteiger partial charge < -0.3 is 9.72 Å². The van der Waals surface area contributed by atoms with E-state index in [-0.39, 0.29) is 11.8 Å². The normalized spacial score (nSPS) is 11.1. The lowest BCUT2D eigenvalue weighted by molar-refractivity contribution is -0.121. The first kappa shape index (κ1) is 19.4. The standard InChI is InChI=1S/C24H22BrN3O/c1-17-12-20(25)15-28-16-21(27-24(17)28)14-26-23(29)13-22(18-8-4-2-5-9-18)19-10-6-3-7-11-19/h2-12,15-16,22H,13-14H2,1H3,(H,26,29). The summed E-state index contributed by atoms with van der Waals surface area (Å²) in [5.41, 5.74) is 5.12. The molecular formula is C24H22BrN3O. The summed E-state index contributed by atoms with van der Waals surface area (Å²) < 4.78 is 2.99. The molecule has 0 aliphatic carbocycles. The van der Waals surface area contributed by atoms with Gasteiger partial charge >= 0.3 is 0 Å². The van der Waals surface area contributed by atoms with Crippen molar-refractivity contribution in [1.82, 2.24) is 14.7 Å². The molecule has 2 aromatic heterocycles. The number of aryl methyl sites for hydroxylation is 1. The van der Waals surface area contributed by atoms with Crippen LogP contribution in [0.25, 0.3) is 5.65 Å². The van der Waals surface area contributed by atoms with E-state index in [0.29, 0.717) is 13.0 Å². The van der Waals surface area contributed by atoms with Gasteiger partial charge in [-0.25, -0.2) is 4.98 Å². The number of nitrogens with zero attached hydrogens (tertiary/aromatic N) is 2. The third kappa shape index (κ3) is 4.57. The van der Waals surface area contributed by atoms with Gasteiger partial charge in [-0.3, -0.25) is 4.79 Å². The average Bonchev–Trinajstić information content (AvgIpc) is 3.15. The molecule has 0 aliphatic rings. The van der Waals surface area contributed by atoms with Crippen molar-refractivity contribution in [3.05, 3.63) is 106 Å². The van der Waals surface area contributed by atoms with E-state index in [1.165, 1.54) is 0 Å². The number of nitrogens with one attached hydrogen (secondary N) is 1. The summed E-state index contributed by atoms with van der Waals surface area (Å²) in [5.74, 6) is 0.0364. The number of pyridine rings is 1. The van der Waals surface area contributed by atoms with Crippen LogP contribution in [0.5, 0.6) is 0 Å². The van der Waals surface area contributed by atoms with Gasteiger partial charge in [0, 0.05) is 29.2 Å². The van der Waals surface area contributed by atoms with Crippen LogP contribution in [0.4, 0.5) is 0 Å². The number of carbonyl (C=O) groups excluding carboxylic acids is 1. The minimum atomic E-state index is 0.0117. The molecule has 0 aliphatic heterocycles. The molecule has 0 bridgehead atoms. The van der Waals surface area contributed by atoms with Crippen LogP contribution in [-0.4, -0.2) is 15.3 Å². The molecule has 2 aromatic carbocycles. The van der Waals surface area contributed by atoms with Gasteiger partial charge in [0.25, 0.3) is 0 Å². The monoisotopic (exact) mass is 447 g/mol. The minimum absolute atomic E-state index is 0.0117. The largest absolute Gasteiger partial charge is 0.350 e. The second-order valence-corrected chi connectivity index (χ2v) is 8.07. The van der Waals surface area contributed by atoms with E-state index in [2.05, 4.69) is 50.5 Å². The molecule has 5 heteroatoms. The molecule has 0 spiro atoms. The number of fused-ring (bicyclic) bond motifs is 1. The first-order valence-corrected chi connectivity index (χ1v) is 10.4. The zero-order chi connectivity index (χ0) is 20.2. The highest BCUT2D eigenvalue weighted by atomic mass is 79.9. The highest BCUT2D eigenvalue weighted by molar-refractivity contribution is 9.10. The molecule has 146 valence electrons. The first-order chi connectivity index (χ1) is 14.1. The number of amides is 1. The quantitative estimate of drug-likeness (QED) is 0.438. The van der Waals surface area contributed by atoms with Crippen LogP contribution in [0.2, 0.25) is 0 Å². The highest BCUT2D eigenvalue weighted by Crippen LogP contribution is 2.27. The third-order valence-corrected chi connectivity index (χ3v) is 5.45. The molecule has 1 N–H and O–H groups in total. The number of benzene rings is 2. The molecule has 0 radical (unpaired) electrons. The fraction of sp³-hybridized carbons (Fsp3) is 0.167. The number of hydrogen-bond acceptors (Lipinski definition) is 2. The lowest BCUT2D eigenvalue weighted by atomic mass is 9.88. The lowest BCUT2D eigenvalue weighted by Crippen LogP contribution is -2.25. The fourth-order valence-corrected chi connectivity index (χ4v) is 4.17. The van der Waals surface area contributed by atoms with Crippen molar-refractivity contribution >= 4 is 27.5 Å². The number of halogens is 1. The zero-order valence-corrected chi connectivity index (χ0v) is 17.8. The Morgan fingerprint density at radius 2 is 1.66 bits per heavy atom. The van der Waals surface area contributed by atoms with Gasteiger partial charge in [-0.15, -0.1) is 0 Å². The van der Waals surface area contributed by atoms with Crippen LogP contribution in [0, 0.1) is 6.92 Å². The Labute approximate surface area is 178 Å². The molecule has 4 nitrogen and oxygen atoms in total. The SMILES string of the molecule is Cc1cc(Br)cn2cc(CNC(=O)CC(c3ccccc3)c3ccccc3)nc12. The average molecular weight is 448 g/mol. The number of aromatic nitrogens is 2. The number of carbonyl (C=O) groups is 1. The van der Waals surface area contributed by atoms with E-state index in [4.69, 9.17) is 0 Å². The highest BCUT2D eigenvalue weighted by Gasteiger charge is 2.18. The summed E-state index contributed by atoms with van der Waals surface area (Å²) >= 11 is 3.51. The second-order valence-electron chi connectivity index (χ2n) is 7.16. The van der Waals surface area contributed by atoms with Crippen LogP contribution in [0.1, 0.15) is 34.7 Å². The molecule has 2 heterocycles. The van der Waals surface area contributed by atoms with Gasteiger partial charge in [0.05, 0.1) is 12.2 Å². The molecule has 0 saturated heterocycles. The van der Waals surface area contributed by atoms with E-state index in [0.717, 1.165) is 32.5 Å². The van der Waals surface area contributed by atoms with Gasteiger partial charge in [0.2, 0.25) is 5.91 Å². The van der Waals surface area contributed by atoms with E-state index < -0.39 is 0 Å². The van der Waals surface area contributed by atoms with Crippen LogP contribution in [0.15, 0.2) is 83.6 Å². The molecule has 4 rings (SSSR count). The molecular weight excluding hydrogens is 426 g/mol. The van der Waals surface area contributed by atoms with Crippen LogP contribution in [-0.2, 0) is 11.3 Å². The summed E-state index contributed by atoms with van der Waals surface area (Å²) in [7, 11) is 0. The molecule has 29 heavy (non-hydrogen) atoms. The van der Waals surface area contributed by atoms with Crippen LogP contribution >= 0.6 is 15.9 Å². The molecule has 0 saturated carbocycles. The zero-order valence-electron chi connectivity index (χ0n) is 16.2. The van der Waals surface area contributed by atoms with Gasteiger partial charge in [0.15, 0.2) is 0 Å². The maximum Gasteiger partial charge on any atom is 0.221 e. The Morgan fingerprint density at radius 1 is 1.03 bits per heavy atom. The van der Waals surface area contributed by atoms with Crippen molar-refractivity contribution in [3.63, 3.8) is 0 Å². The summed E-state index contributed by atoms with van der Waals surface area (Å²) in [4.78, 5) is 17.4. The van der Waals surface area contributed by atoms with Gasteiger partial charge in [-0.1, -0.05) is 60.7 Å². The maximum absolute atomic E-state index is 12.8. The number of rotatable bonds is 6. The predicted molar refractivity (Wildman–Crippen MR) is 119 cm³/mol. The Morgan fingerprint density at radius 3 is 2.28 bits per heavy atom. The Kier molecular flexibility index (Phi) is 5.76. The minimum Gasteiger partial charge on any atom is -0.350 e. The van der Waals surface area contributed by atoms with E-state index in [1.807, 2.05) is 66.2 Å². The predicted octanol–water partition coefficient (Wildman–Crippen LogP) is 5.24. The number of hydrogen-bond donors (Lipinski definition) is 1. The Bertz CT molecular complexity index is 1080. The van der Waals surface area contributed by atoms with E-state index in [1.54, 1.807) is 0 Å². The first-order valence-electron chi connectivity index (χ1n) is 9.60.